The number of ketones is 1. The van der Waals surface area contributed by atoms with Crippen LogP contribution < -0.4 is 4.90 Å². The Balaban J connectivity index is 1.52. The van der Waals surface area contributed by atoms with Crippen LogP contribution in [0.3, 0.4) is 0 Å². The Morgan fingerprint density at radius 3 is 2.23 bits per heavy atom. The van der Waals surface area contributed by atoms with Crippen LogP contribution >= 0.6 is 0 Å². The third kappa shape index (κ3) is 4.15. The summed E-state index contributed by atoms with van der Waals surface area (Å²) in [5.41, 5.74) is 1.25. The van der Waals surface area contributed by atoms with E-state index >= 15 is 0 Å². The number of esters is 1. The fraction of sp³-hybridized carbons (Fsp3) is 0.222. The number of amides is 2. The van der Waals surface area contributed by atoms with E-state index in [1.807, 2.05) is 19.1 Å². The van der Waals surface area contributed by atoms with Crippen molar-refractivity contribution < 1.29 is 38.7 Å². The van der Waals surface area contributed by atoms with Gasteiger partial charge in [-0.15, -0.1) is 0 Å². The van der Waals surface area contributed by atoms with Crippen molar-refractivity contribution >= 4 is 40.9 Å². The number of aryl methyl sites for hydroxylation is 1. The van der Waals surface area contributed by atoms with E-state index in [4.69, 9.17) is 14.7 Å². The summed E-state index contributed by atoms with van der Waals surface area (Å²) in [5.74, 6) is -5.68. The van der Waals surface area contributed by atoms with Gasteiger partial charge in [0, 0.05) is 0 Å². The van der Waals surface area contributed by atoms with Crippen LogP contribution in [0, 0.1) is 19.8 Å². The maximum Gasteiger partial charge on any atom is 0.359 e. The second-order valence-corrected chi connectivity index (χ2v) is 8.95. The Morgan fingerprint density at radius 2 is 1.62 bits per heavy atom. The summed E-state index contributed by atoms with van der Waals surface area (Å²) in [5, 5.41) is 17.2. The van der Waals surface area contributed by atoms with Gasteiger partial charge < -0.3 is 14.7 Å². The van der Waals surface area contributed by atoms with Crippen LogP contribution in [0.25, 0.3) is 5.69 Å². The van der Waals surface area contributed by atoms with E-state index in [1.165, 1.54) is 28.9 Å². The van der Waals surface area contributed by atoms with E-state index in [0.717, 1.165) is 10.5 Å². The number of benzene rings is 2. The largest absolute Gasteiger partial charge is 0.478 e. The molecule has 0 unspecified atom stereocenters. The molecule has 5 rings (SSSR count). The molecule has 0 spiro atoms. The van der Waals surface area contributed by atoms with Crippen LogP contribution in [0.1, 0.15) is 49.4 Å². The molecular formula is C27H22N4O8. The van der Waals surface area contributed by atoms with Crippen molar-refractivity contribution in [2.45, 2.75) is 26.9 Å². The van der Waals surface area contributed by atoms with Gasteiger partial charge in [0.25, 0.3) is 5.91 Å². The zero-order chi connectivity index (χ0) is 28.0. The van der Waals surface area contributed by atoms with Crippen molar-refractivity contribution in [2.24, 2.45) is 11.1 Å². The number of carbonyl (C=O) groups excluding carboxylic acids is 4. The minimum atomic E-state index is -1.38. The molecule has 198 valence electrons. The minimum absolute atomic E-state index is 0.0284. The summed E-state index contributed by atoms with van der Waals surface area (Å²) in [7, 11) is 0. The number of carboxylic acids is 1. The average molecular weight is 530 g/mol. The first kappa shape index (κ1) is 25.5. The van der Waals surface area contributed by atoms with E-state index in [1.54, 1.807) is 26.0 Å². The number of hydrogen-bond acceptors (Lipinski definition) is 9. The maximum absolute atomic E-state index is 13.8. The Morgan fingerprint density at radius 1 is 0.974 bits per heavy atom. The molecule has 1 saturated heterocycles. The first-order chi connectivity index (χ1) is 18.6. The molecule has 1 fully saturated rings. The molecule has 2 amide bonds. The maximum atomic E-state index is 13.8. The molecule has 12 nitrogen and oxygen atoms in total. The Labute approximate surface area is 221 Å². The summed E-state index contributed by atoms with van der Waals surface area (Å²) in [6, 6.07) is 12.4. The SMILES string of the molecule is CCOC(=O)c1nn(-c2ccc(C)cc2)c(C)c1C(=O)C1=NO[C@H]2C(=O)N(c3ccc(C(=O)O)cc3)C(=O)[C@@H]12. The zero-order valence-corrected chi connectivity index (χ0v) is 21.1. The van der Waals surface area contributed by atoms with Crippen molar-refractivity contribution in [1.82, 2.24) is 9.78 Å². The van der Waals surface area contributed by atoms with Crippen LogP contribution in [-0.2, 0) is 19.2 Å². The number of aromatic nitrogens is 2. The van der Waals surface area contributed by atoms with Crippen molar-refractivity contribution in [3.63, 3.8) is 0 Å². The molecule has 1 N–H and O–H groups in total. The fourth-order valence-corrected chi connectivity index (χ4v) is 4.56. The molecule has 1 aromatic heterocycles. The number of anilines is 1. The number of carbonyl (C=O) groups is 5. The first-order valence-corrected chi connectivity index (χ1v) is 12.0. The third-order valence-electron chi connectivity index (χ3n) is 6.51. The van der Waals surface area contributed by atoms with Crippen molar-refractivity contribution in [2.75, 3.05) is 11.5 Å². The number of ether oxygens (including phenoxy) is 1. The monoisotopic (exact) mass is 530 g/mol. The number of hydrogen-bond donors (Lipinski definition) is 1. The van der Waals surface area contributed by atoms with Crippen LogP contribution in [-0.4, -0.2) is 62.8 Å². The normalized spacial score (nSPS) is 18.0. The Hall–Kier alpha value is -5.13. The summed E-state index contributed by atoms with van der Waals surface area (Å²) >= 11 is 0. The standard InChI is InChI=1S/C27H22N4O8/c1-4-38-27(37)21-18(14(3)31(28-21)17-9-5-13(2)6-10-17)22(32)20-19-23(39-29-20)25(34)30(24(19)33)16-11-7-15(8-12-16)26(35)36/h5-12,19,23H,4H2,1-3H3,(H,35,36)/t19-,23+/m0/s1. The Bertz CT molecular complexity index is 1570. The number of oxime groups is 1. The third-order valence-corrected chi connectivity index (χ3v) is 6.51. The highest BCUT2D eigenvalue weighted by molar-refractivity contribution is 6.53. The number of imide groups is 1. The average Bonchev–Trinajstić information content (AvgIpc) is 3.57. The fourth-order valence-electron chi connectivity index (χ4n) is 4.56. The molecule has 0 aliphatic carbocycles. The van der Waals surface area contributed by atoms with E-state index in [2.05, 4.69) is 10.3 Å². The second-order valence-electron chi connectivity index (χ2n) is 8.95. The highest BCUT2D eigenvalue weighted by Crippen LogP contribution is 2.35. The van der Waals surface area contributed by atoms with Gasteiger partial charge in [-0.3, -0.25) is 14.4 Å². The predicted octanol–water partition coefficient (Wildman–Crippen LogP) is 2.49. The molecule has 2 aromatic carbocycles. The highest BCUT2D eigenvalue weighted by atomic mass is 16.7. The van der Waals surface area contributed by atoms with Crippen molar-refractivity contribution in [3.8, 4) is 5.69 Å². The summed E-state index contributed by atoms with van der Waals surface area (Å²) in [4.78, 5) is 70.3. The van der Waals surface area contributed by atoms with E-state index < -0.39 is 41.6 Å². The zero-order valence-electron chi connectivity index (χ0n) is 21.1. The lowest BCUT2D eigenvalue weighted by Gasteiger charge is -2.15. The highest BCUT2D eigenvalue weighted by Gasteiger charge is 2.58. The van der Waals surface area contributed by atoms with Crippen molar-refractivity contribution in [1.29, 1.82) is 0 Å². The van der Waals surface area contributed by atoms with Gasteiger partial charge in [-0.1, -0.05) is 22.9 Å². The number of aromatic carboxylic acids is 1. The number of Topliss-reactive ketones (excluding diaryl/α,β-unsaturated/α-hetero) is 1. The van der Waals surface area contributed by atoms with Gasteiger partial charge in [0.2, 0.25) is 17.8 Å². The van der Waals surface area contributed by atoms with E-state index in [-0.39, 0.29) is 34.8 Å². The molecule has 3 aromatic rings. The molecule has 0 saturated carbocycles. The molecule has 0 radical (unpaired) electrons. The van der Waals surface area contributed by atoms with Crippen LogP contribution in [0.2, 0.25) is 0 Å². The molecule has 2 atom stereocenters. The molecule has 2 aliphatic heterocycles. The quantitative estimate of drug-likeness (QED) is 0.275. The number of nitrogens with zero attached hydrogens (tertiary/aromatic N) is 4. The first-order valence-electron chi connectivity index (χ1n) is 12.0. The van der Waals surface area contributed by atoms with Gasteiger partial charge in [0.15, 0.2) is 5.69 Å². The lowest BCUT2D eigenvalue weighted by molar-refractivity contribution is -0.126. The van der Waals surface area contributed by atoms with Crippen LogP contribution in [0.4, 0.5) is 5.69 Å². The molecule has 0 bridgehead atoms. The second kappa shape index (κ2) is 9.63. The van der Waals surface area contributed by atoms with Gasteiger partial charge in [-0.2, -0.15) is 5.10 Å². The predicted molar refractivity (Wildman–Crippen MR) is 135 cm³/mol. The summed E-state index contributed by atoms with van der Waals surface area (Å²) < 4.78 is 6.54. The van der Waals surface area contributed by atoms with Crippen molar-refractivity contribution in [3.05, 3.63) is 76.6 Å². The van der Waals surface area contributed by atoms with Crippen LogP contribution in [0.15, 0.2) is 53.7 Å². The minimum Gasteiger partial charge on any atom is -0.478 e. The summed E-state index contributed by atoms with van der Waals surface area (Å²) in [6.45, 7) is 5.16. The molecular weight excluding hydrogens is 508 g/mol. The van der Waals surface area contributed by atoms with Gasteiger partial charge in [-0.25, -0.2) is 19.2 Å². The number of rotatable bonds is 7. The number of fused-ring (bicyclic) bond motifs is 1. The van der Waals surface area contributed by atoms with Crippen LogP contribution in [0.5, 0.6) is 0 Å². The lowest BCUT2D eigenvalue weighted by Crippen LogP contribution is -2.34. The van der Waals surface area contributed by atoms with Gasteiger partial charge in [0.05, 0.1) is 34.8 Å². The molecule has 12 heteroatoms. The van der Waals surface area contributed by atoms with Gasteiger partial charge in [0.1, 0.15) is 11.6 Å². The number of carboxylic acid groups (broad SMARTS) is 1. The van der Waals surface area contributed by atoms with Gasteiger partial charge >= 0.3 is 11.9 Å². The topological polar surface area (TPSA) is 157 Å². The summed E-state index contributed by atoms with van der Waals surface area (Å²) in [6.07, 6.45) is -1.38. The molecule has 39 heavy (non-hydrogen) atoms. The lowest BCUT2D eigenvalue weighted by atomic mass is 9.92. The Kier molecular flexibility index (Phi) is 6.30. The molecule has 2 aliphatic rings. The smallest absolute Gasteiger partial charge is 0.359 e. The van der Waals surface area contributed by atoms with E-state index in [9.17, 15) is 24.0 Å². The van der Waals surface area contributed by atoms with Gasteiger partial charge in [-0.05, 0) is 57.2 Å². The molecule has 3 heterocycles. The van der Waals surface area contributed by atoms with E-state index in [0.29, 0.717) is 11.4 Å².